The van der Waals surface area contributed by atoms with Crippen molar-refractivity contribution in [3.63, 3.8) is 0 Å². The number of halogens is 5. The number of nitrogens with zero attached hydrogens (tertiary/aromatic N) is 2. The largest absolute Gasteiger partial charge is 0.477 e. The molecule has 0 N–H and O–H groups in total. The molecule has 0 radical (unpaired) electrons. The second kappa shape index (κ2) is 10.0. The summed E-state index contributed by atoms with van der Waals surface area (Å²) in [7, 11) is -3.29. The summed E-state index contributed by atoms with van der Waals surface area (Å²) in [6.45, 7) is 1.32. The number of hydrogen-bond donors (Lipinski definition) is 0. The third kappa shape index (κ3) is 5.80. The Kier molecular flexibility index (Phi) is 7.58. The number of rotatable bonds is 6. The van der Waals surface area contributed by atoms with E-state index in [1.165, 1.54) is 17.0 Å². The third-order valence-electron chi connectivity index (χ3n) is 5.21. The highest BCUT2D eigenvalue weighted by atomic mass is 32.2. The van der Waals surface area contributed by atoms with Gasteiger partial charge in [-0.2, -0.15) is 8.78 Å². The molecule has 2 aromatic carbocycles. The van der Waals surface area contributed by atoms with Crippen LogP contribution in [0.4, 0.5) is 22.0 Å². The smallest absolute Gasteiger partial charge is 0.260 e. The predicted molar refractivity (Wildman–Crippen MR) is 108 cm³/mol. The number of carbonyl (C=O) groups excluding carboxylic acids is 1. The molecule has 33 heavy (non-hydrogen) atoms. The number of carbonyl (C=O) groups is 1. The van der Waals surface area contributed by atoms with Crippen LogP contribution < -0.4 is 4.74 Å². The van der Waals surface area contributed by atoms with Crippen molar-refractivity contribution < 1.29 is 39.9 Å². The van der Waals surface area contributed by atoms with Gasteiger partial charge in [-0.3, -0.25) is 9.69 Å². The summed E-state index contributed by atoms with van der Waals surface area (Å²) in [5.41, 5.74) is 0.886. The van der Waals surface area contributed by atoms with Crippen LogP contribution in [0.5, 0.6) is 5.75 Å². The Labute approximate surface area is 187 Å². The fourth-order valence-electron chi connectivity index (χ4n) is 3.42. The van der Waals surface area contributed by atoms with Crippen LogP contribution in [0.2, 0.25) is 0 Å². The molecule has 0 saturated carbocycles. The fraction of sp³-hybridized carbons (Fsp3) is 0.381. The molecule has 12 heteroatoms. The average Bonchev–Trinajstić information content (AvgIpc) is 3.01. The minimum absolute atomic E-state index is 0.215. The fourth-order valence-corrected chi connectivity index (χ4v) is 4.05. The van der Waals surface area contributed by atoms with E-state index in [2.05, 4.69) is 4.74 Å². The zero-order chi connectivity index (χ0) is 24.3. The van der Waals surface area contributed by atoms with Crippen LogP contribution in [-0.2, 0) is 21.2 Å². The van der Waals surface area contributed by atoms with E-state index in [0.717, 1.165) is 11.8 Å². The first-order chi connectivity index (χ1) is 15.5. The van der Waals surface area contributed by atoms with E-state index in [4.69, 9.17) is 0 Å². The number of benzene rings is 2. The van der Waals surface area contributed by atoms with Gasteiger partial charge in [0, 0.05) is 39.0 Å². The molecule has 0 spiro atoms. The lowest BCUT2D eigenvalue weighted by Gasteiger charge is -2.22. The summed E-state index contributed by atoms with van der Waals surface area (Å²) in [6.07, 6.45) is 1.70. The first kappa shape index (κ1) is 24.9. The molecular formula is C21H21F5N2O4S. The topological polar surface area (TPSA) is 66.9 Å². The molecule has 6 nitrogen and oxygen atoms in total. The monoisotopic (exact) mass is 492 g/mol. The van der Waals surface area contributed by atoms with Gasteiger partial charge in [-0.15, -0.1) is 0 Å². The van der Waals surface area contributed by atoms with Gasteiger partial charge in [0.05, 0.1) is 4.90 Å². The molecule has 2 aromatic rings. The van der Waals surface area contributed by atoms with Crippen LogP contribution in [0.15, 0.2) is 29.2 Å². The number of ether oxygens (including phenoxy) is 1. The summed E-state index contributed by atoms with van der Waals surface area (Å²) >= 11 is 0. The second-order valence-corrected chi connectivity index (χ2v) is 9.63. The molecule has 1 fully saturated rings. The molecule has 180 valence electrons. The maximum Gasteiger partial charge on any atom is 0.260 e. The minimum Gasteiger partial charge on any atom is -0.477 e. The molecular weight excluding hydrogens is 471 g/mol. The molecule has 1 amide bonds. The van der Waals surface area contributed by atoms with Crippen LogP contribution in [0.1, 0.15) is 12.0 Å². The van der Waals surface area contributed by atoms with Crippen molar-refractivity contribution >= 4 is 15.7 Å². The summed E-state index contributed by atoms with van der Waals surface area (Å²) in [6, 6.07) is 6.47. The maximum atomic E-state index is 13.7. The quantitative estimate of drug-likeness (QED) is 0.353. The Balaban J connectivity index is 1.57. The molecule has 0 atom stereocenters. The van der Waals surface area contributed by atoms with Crippen molar-refractivity contribution in [2.75, 3.05) is 39.0 Å². The van der Waals surface area contributed by atoms with E-state index < -0.39 is 57.2 Å². The average molecular weight is 492 g/mol. The highest BCUT2D eigenvalue weighted by Gasteiger charge is 2.28. The predicted octanol–water partition coefficient (Wildman–Crippen LogP) is 2.90. The SMILES string of the molecule is CS(=O)(=O)c1ccc(CN2CCCN(C(=O)COc3c(F)c(F)c(F)c(F)c3F)CC2)cc1. The first-order valence-corrected chi connectivity index (χ1v) is 11.8. The highest BCUT2D eigenvalue weighted by molar-refractivity contribution is 7.90. The minimum atomic E-state index is -3.29. The first-order valence-electron chi connectivity index (χ1n) is 9.92. The Bertz CT molecular complexity index is 1110. The van der Waals surface area contributed by atoms with Crippen LogP contribution in [-0.4, -0.2) is 63.2 Å². The van der Waals surface area contributed by atoms with Crippen molar-refractivity contribution in [3.8, 4) is 5.75 Å². The number of sulfone groups is 1. The van der Waals surface area contributed by atoms with Crippen LogP contribution in [0.25, 0.3) is 0 Å². The van der Waals surface area contributed by atoms with E-state index in [-0.39, 0.29) is 11.4 Å². The van der Waals surface area contributed by atoms with Crippen LogP contribution in [0.3, 0.4) is 0 Å². The molecule has 1 saturated heterocycles. The van der Waals surface area contributed by atoms with Crippen LogP contribution in [0, 0.1) is 29.1 Å². The number of hydrogen-bond acceptors (Lipinski definition) is 5. The molecule has 1 aliphatic heterocycles. The van der Waals surface area contributed by atoms with Gasteiger partial charge in [-0.1, -0.05) is 12.1 Å². The molecule has 1 heterocycles. The zero-order valence-electron chi connectivity index (χ0n) is 17.6. The van der Waals surface area contributed by atoms with E-state index >= 15 is 0 Å². The summed E-state index contributed by atoms with van der Waals surface area (Å²) in [5.74, 6) is -13.0. The Morgan fingerprint density at radius 2 is 1.45 bits per heavy atom. The third-order valence-corrected chi connectivity index (χ3v) is 6.34. The van der Waals surface area contributed by atoms with Crippen molar-refractivity contribution in [1.29, 1.82) is 0 Å². The van der Waals surface area contributed by atoms with Gasteiger partial charge in [0.25, 0.3) is 5.91 Å². The normalized spacial score (nSPS) is 15.4. The second-order valence-electron chi connectivity index (χ2n) is 7.61. The van der Waals surface area contributed by atoms with Gasteiger partial charge >= 0.3 is 0 Å². The standard InChI is InChI=1S/C21H21F5N2O4S/c1-33(30,31)14-5-3-13(4-6-14)11-27-7-2-8-28(10-9-27)15(29)12-32-21-19(25)17(23)16(22)18(24)20(21)26/h3-6H,2,7-12H2,1H3. The van der Waals surface area contributed by atoms with Gasteiger partial charge in [-0.25, -0.2) is 21.6 Å². The molecule has 0 aromatic heterocycles. The molecule has 3 rings (SSSR count). The van der Waals surface area contributed by atoms with Gasteiger partial charge in [-0.05, 0) is 24.1 Å². The zero-order valence-corrected chi connectivity index (χ0v) is 18.4. The van der Waals surface area contributed by atoms with E-state index in [1.807, 2.05) is 4.90 Å². The van der Waals surface area contributed by atoms with Gasteiger partial charge < -0.3 is 9.64 Å². The van der Waals surface area contributed by atoms with Crippen molar-refractivity contribution in [3.05, 3.63) is 58.9 Å². The molecule has 0 aliphatic carbocycles. The maximum absolute atomic E-state index is 13.7. The lowest BCUT2D eigenvalue weighted by Crippen LogP contribution is -2.38. The van der Waals surface area contributed by atoms with E-state index in [1.54, 1.807) is 12.1 Å². The summed E-state index contributed by atoms with van der Waals surface area (Å²) in [5, 5.41) is 0. The lowest BCUT2D eigenvalue weighted by molar-refractivity contribution is -0.133. The Morgan fingerprint density at radius 1 is 0.879 bits per heavy atom. The van der Waals surface area contributed by atoms with Crippen molar-refractivity contribution in [1.82, 2.24) is 9.80 Å². The Morgan fingerprint density at radius 3 is 2.03 bits per heavy atom. The molecule has 1 aliphatic rings. The lowest BCUT2D eigenvalue weighted by atomic mass is 10.2. The van der Waals surface area contributed by atoms with Gasteiger partial charge in [0.1, 0.15) is 0 Å². The van der Waals surface area contributed by atoms with E-state index in [0.29, 0.717) is 32.6 Å². The summed E-state index contributed by atoms with van der Waals surface area (Å²) < 4.78 is 94.8. The van der Waals surface area contributed by atoms with Gasteiger partial charge in [0.15, 0.2) is 22.2 Å². The molecule has 0 unspecified atom stereocenters. The van der Waals surface area contributed by atoms with Crippen molar-refractivity contribution in [2.24, 2.45) is 0 Å². The van der Waals surface area contributed by atoms with E-state index in [9.17, 15) is 35.2 Å². The Hall–Kier alpha value is -2.73. The summed E-state index contributed by atoms with van der Waals surface area (Å²) in [4.78, 5) is 16.1. The highest BCUT2D eigenvalue weighted by Crippen LogP contribution is 2.29. The molecule has 0 bridgehead atoms. The van der Waals surface area contributed by atoms with Crippen molar-refractivity contribution in [2.45, 2.75) is 17.9 Å². The van der Waals surface area contributed by atoms with Gasteiger partial charge in [0.2, 0.25) is 29.1 Å². The number of amides is 1. The van der Waals surface area contributed by atoms with Crippen LogP contribution >= 0.6 is 0 Å².